The molecule has 0 spiro atoms. The zero-order valence-corrected chi connectivity index (χ0v) is 9.56. The van der Waals surface area contributed by atoms with Gasteiger partial charge in [0.25, 0.3) is 0 Å². The van der Waals surface area contributed by atoms with Gasteiger partial charge in [-0.05, 0) is 24.3 Å². The summed E-state index contributed by atoms with van der Waals surface area (Å²) in [5.41, 5.74) is 0.581. The highest BCUT2D eigenvalue weighted by molar-refractivity contribution is 5.91. The number of nitrogens with zero attached hydrogens (tertiary/aromatic N) is 1. The molecule has 94 valence electrons. The quantitative estimate of drug-likeness (QED) is 0.615. The lowest BCUT2D eigenvalue weighted by Crippen LogP contribution is -2.08. The lowest BCUT2D eigenvalue weighted by Gasteiger charge is -2.04. The Morgan fingerprint density at radius 2 is 1.63 bits per heavy atom. The fourth-order valence-electron chi connectivity index (χ4n) is 1.43. The second-order valence-corrected chi connectivity index (χ2v) is 3.68. The summed E-state index contributed by atoms with van der Waals surface area (Å²) in [6.07, 6.45) is 0. The molecule has 0 aliphatic rings. The minimum atomic E-state index is -0.831. The maximum absolute atomic E-state index is 12.9. The van der Waals surface area contributed by atoms with Gasteiger partial charge in [-0.15, -0.1) is 0 Å². The maximum atomic E-state index is 12.9. The fraction of sp³-hybridized carbons (Fsp3) is 0. The molecular weight excluding hydrogens is 252 g/mol. The molecule has 0 saturated heterocycles. The van der Waals surface area contributed by atoms with Crippen LogP contribution in [0.1, 0.15) is 15.9 Å². The van der Waals surface area contributed by atoms with E-state index in [1.165, 1.54) is 24.3 Å². The first-order chi connectivity index (χ1) is 9.08. The Kier molecular flexibility index (Phi) is 3.53. The van der Waals surface area contributed by atoms with Crippen molar-refractivity contribution in [2.24, 2.45) is 0 Å². The van der Waals surface area contributed by atoms with E-state index < -0.39 is 17.6 Å². The molecule has 19 heavy (non-hydrogen) atoms. The topological polar surface area (TPSA) is 50.1 Å². The van der Waals surface area contributed by atoms with Crippen molar-refractivity contribution >= 4 is 5.97 Å². The van der Waals surface area contributed by atoms with Crippen molar-refractivity contribution in [3.8, 4) is 11.8 Å². The number of nitriles is 1. The fourth-order valence-corrected chi connectivity index (χ4v) is 1.43. The summed E-state index contributed by atoms with van der Waals surface area (Å²) < 4.78 is 30.7. The van der Waals surface area contributed by atoms with Gasteiger partial charge in [-0.2, -0.15) is 5.26 Å². The SMILES string of the molecule is N#Cc1ccc(C(=O)Oc2cc(F)cc(F)c2)cc1. The van der Waals surface area contributed by atoms with Gasteiger partial charge in [-0.25, -0.2) is 13.6 Å². The third-order valence-electron chi connectivity index (χ3n) is 2.30. The van der Waals surface area contributed by atoms with Crippen LogP contribution >= 0.6 is 0 Å². The van der Waals surface area contributed by atoms with E-state index in [0.717, 1.165) is 12.1 Å². The predicted molar refractivity (Wildman–Crippen MR) is 62.5 cm³/mol. The second-order valence-electron chi connectivity index (χ2n) is 3.68. The Balaban J connectivity index is 2.18. The first-order valence-corrected chi connectivity index (χ1v) is 5.27. The van der Waals surface area contributed by atoms with E-state index in [1.807, 2.05) is 6.07 Å². The summed E-state index contributed by atoms with van der Waals surface area (Å²) in [6.45, 7) is 0. The normalized spacial score (nSPS) is 9.74. The Morgan fingerprint density at radius 1 is 1.05 bits per heavy atom. The van der Waals surface area contributed by atoms with E-state index in [4.69, 9.17) is 10.00 Å². The average molecular weight is 259 g/mol. The van der Waals surface area contributed by atoms with Crippen molar-refractivity contribution in [1.82, 2.24) is 0 Å². The summed E-state index contributed by atoms with van der Waals surface area (Å²) in [5, 5.41) is 8.61. The lowest BCUT2D eigenvalue weighted by molar-refractivity contribution is 0.0734. The Hall–Kier alpha value is -2.74. The van der Waals surface area contributed by atoms with Crippen molar-refractivity contribution in [2.75, 3.05) is 0 Å². The number of benzene rings is 2. The monoisotopic (exact) mass is 259 g/mol. The molecule has 5 heteroatoms. The zero-order chi connectivity index (χ0) is 13.8. The molecule has 0 aliphatic heterocycles. The number of esters is 1. The molecule has 2 aromatic carbocycles. The molecule has 0 radical (unpaired) electrons. The Bertz CT molecular complexity index is 640. The minimum Gasteiger partial charge on any atom is -0.423 e. The highest BCUT2D eigenvalue weighted by atomic mass is 19.1. The Morgan fingerprint density at radius 3 is 2.16 bits per heavy atom. The lowest BCUT2D eigenvalue weighted by atomic mass is 10.1. The largest absolute Gasteiger partial charge is 0.423 e. The van der Waals surface area contributed by atoms with Crippen LogP contribution in [0.3, 0.4) is 0 Å². The molecule has 0 heterocycles. The first kappa shape index (κ1) is 12.7. The number of rotatable bonds is 2. The highest BCUT2D eigenvalue weighted by Crippen LogP contribution is 2.17. The number of hydrogen-bond acceptors (Lipinski definition) is 3. The average Bonchev–Trinajstić information content (AvgIpc) is 2.37. The number of carbonyl (C=O) groups excluding carboxylic acids is 1. The van der Waals surface area contributed by atoms with Gasteiger partial charge in [0.1, 0.15) is 17.4 Å². The summed E-state index contributed by atoms with van der Waals surface area (Å²) in [4.78, 5) is 11.7. The van der Waals surface area contributed by atoms with Gasteiger partial charge in [0, 0.05) is 18.2 Å². The van der Waals surface area contributed by atoms with Crippen LogP contribution in [-0.4, -0.2) is 5.97 Å². The van der Waals surface area contributed by atoms with Crippen LogP contribution in [0.2, 0.25) is 0 Å². The molecular formula is C14H7F2NO2. The van der Waals surface area contributed by atoms with Crippen LogP contribution in [0.4, 0.5) is 8.78 Å². The number of hydrogen-bond donors (Lipinski definition) is 0. The van der Waals surface area contributed by atoms with E-state index in [9.17, 15) is 13.6 Å². The van der Waals surface area contributed by atoms with Gasteiger partial charge in [-0.1, -0.05) is 0 Å². The van der Waals surface area contributed by atoms with E-state index in [-0.39, 0.29) is 11.3 Å². The summed E-state index contributed by atoms with van der Waals surface area (Å²) in [5.74, 6) is -2.63. The zero-order valence-electron chi connectivity index (χ0n) is 9.56. The smallest absolute Gasteiger partial charge is 0.343 e. The molecule has 0 unspecified atom stereocenters. The first-order valence-electron chi connectivity index (χ1n) is 5.27. The molecule has 0 bridgehead atoms. The van der Waals surface area contributed by atoms with Gasteiger partial charge in [0.15, 0.2) is 0 Å². The van der Waals surface area contributed by atoms with E-state index >= 15 is 0 Å². The van der Waals surface area contributed by atoms with Gasteiger partial charge in [-0.3, -0.25) is 0 Å². The molecule has 2 rings (SSSR count). The summed E-state index contributed by atoms with van der Waals surface area (Å²) in [7, 11) is 0. The van der Waals surface area contributed by atoms with E-state index in [1.54, 1.807) is 0 Å². The molecule has 0 atom stereocenters. The number of ether oxygens (including phenoxy) is 1. The summed E-state index contributed by atoms with van der Waals surface area (Å²) in [6, 6.07) is 10.1. The van der Waals surface area contributed by atoms with Crippen molar-refractivity contribution in [2.45, 2.75) is 0 Å². The van der Waals surface area contributed by atoms with Crippen molar-refractivity contribution in [3.63, 3.8) is 0 Å². The molecule has 2 aromatic rings. The van der Waals surface area contributed by atoms with Crippen LogP contribution in [0, 0.1) is 23.0 Å². The molecule has 0 saturated carbocycles. The predicted octanol–water partition coefficient (Wildman–Crippen LogP) is 3.06. The van der Waals surface area contributed by atoms with Gasteiger partial charge in [0.2, 0.25) is 0 Å². The number of carbonyl (C=O) groups is 1. The van der Waals surface area contributed by atoms with Gasteiger partial charge in [0.05, 0.1) is 17.2 Å². The highest BCUT2D eigenvalue weighted by Gasteiger charge is 2.10. The molecule has 0 aromatic heterocycles. The summed E-state index contributed by atoms with van der Waals surface area (Å²) >= 11 is 0. The van der Waals surface area contributed by atoms with Crippen LogP contribution in [0.25, 0.3) is 0 Å². The van der Waals surface area contributed by atoms with Crippen LogP contribution < -0.4 is 4.74 Å². The van der Waals surface area contributed by atoms with Crippen LogP contribution in [0.5, 0.6) is 5.75 Å². The molecule has 0 N–H and O–H groups in total. The molecule has 0 amide bonds. The van der Waals surface area contributed by atoms with E-state index in [0.29, 0.717) is 11.6 Å². The Labute approximate surface area is 107 Å². The third-order valence-corrected chi connectivity index (χ3v) is 2.30. The van der Waals surface area contributed by atoms with Gasteiger partial charge >= 0.3 is 5.97 Å². The van der Waals surface area contributed by atoms with Gasteiger partial charge < -0.3 is 4.74 Å². The van der Waals surface area contributed by atoms with Crippen molar-refractivity contribution in [1.29, 1.82) is 5.26 Å². The molecule has 3 nitrogen and oxygen atoms in total. The van der Waals surface area contributed by atoms with Crippen molar-refractivity contribution in [3.05, 3.63) is 65.2 Å². The standard InChI is InChI=1S/C14H7F2NO2/c15-11-5-12(16)7-13(6-11)19-14(18)10-3-1-9(8-17)2-4-10/h1-7H. The van der Waals surface area contributed by atoms with Crippen LogP contribution in [0.15, 0.2) is 42.5 Å². The van der Waals surface area contributed by atoms with Crippen molar-refractivity contribution < 1.29 is 18.3 Å². The van der Waals surface area contributed by atoms with Crippen LogP contribution in [-0.2, 0) is 0 Å². The third kappa shape index (κ3) is 3.13. The maximum Gasteiger partial charge on any atom is 0.343 e. The van der Waals surface area contributed by atoms with E-state index in [2.05, 4.69) is 0 Å². The number of halogens is 2. The molecule has 0 aliphatic carbocycles. The minimum absolute atomic E-state index is 0.184. The second kappa shape index (κ2) is 5.27. The molecule has 0 fully saturated rings.